The van der Waals surface area contributed by atoms with Crippen molar-refractivity contribution in [3.05, 3.63) is 61.5 Å². The van der Waals surface area contributed by atoms with E-state index in [-0.39, 0.29) is 26.9 Å². The second-order valence-corrected chi connectivity index (χ2v) is 6.50. The fourth-order valence-electron chi connectivity index (χ4n) is 2.47. The molecule has 0 aliphatic rings. The van der Waals surface area contributed by atoms with Gasteiger partial charge >= 0.3 is 0 Å². The number of carbonyl (C=O) groups is 1. The average molecular weight is 367 g/mol. The Morgan fingerprint density at radius 1 is 1.21 bits per heavy atom. The lowest BCUT2D eigenvalue weighted by Gasteiger charge is -2.15. The van der Waals surface area contributed by atoms with E-state index in [1.54, 1.807) is 28.8 Å². The fraction of sp³-hybridized carbons (Fsp3) is 0.333. The van der Waals surface area contributed by atoms with E-state index in [1.165, 1.54) is 0 Å². The maximum atomic E-state index is 12.7. The smallest absolute Gasteiger partial charge is 0.274 e. The summed E-state index contributed by atoms with van der Waals surface area (Å²) in [5.74, 6) is -0.493. The number of amides is 1. The molecule has 0 aliphatic heterocycles. The third-order valence-corrected chi connectivity index (χ3v) is 4.62. The number of pyridine rings is 1. The molecule has 4 nitrogen and oxygen atoms in total. The largest absolute Gasteiger partial charge is 0.317 e. The summed E-state index contributed by atoms with van der Waals surface area (Å²) in [6.45, 7) is 6.51. The summed E-state index contributed by atoms with van der Waals surface area (Å²) in [5.41, 5.74) is 2.02. The minimum absolute atomic E-state index is 0.165. The van der Waals surface area contributed by atoms with Crippen LogP contribution in [-0.4, -0.2) is 10.5 Å². The number of anilines is 1. The Kier molecular flexibility index (Phi) is 6.08. The summed E-state index contributed by atoms with van der Waals surface area (Å²) in [6, 6.07) is 6.52. The highest BCUT2D eigenvalue weighted by Crippen LogP contribution is 2.25. The lowest BCUT2D eigenvalue weighted by molar-refractivity contribution is 0.102. The zero-order valence-corrected chi connectivity index (χ0v) is 15.5. The topological polar surface area (TPSA) is 51.1 Å². The van der Waals surface area contributed by atoms with Crippen molar-refractivity contribution in [2.45, 2.75) is 40.2 Å². The third-order valence-electron chi connectivity index (χ3n) is 3.99. The number of halogens is 2. The minimum Gasteiger partial charge on any atom is -0.317 e. The molecule has 1 N–H and O–H groups in total. The van der Waals surface area contributed by atoms with Crippen LogP contribution in [0.2, 0.25) is 10.0 Å². The number of benzene rings is 1. The monoisotopic (exact) mass is 366 g/mol. The molecular formula is C18H20Cl2N2O2. The van der Waals surface area contributed by atoms with Crippen LogP contribution in [0.1, 0.15) is 41.4 Å². The molecule has 1 amide bonds. The van der Waals surface area contributed by atoms with Gasteiger partial charge in [0.1, 0.15) is 5.69 Å². The van der Waals surface area contributed by atoms with E-state index < -0.39 is 5.91 Å². The fourth-order valence-corrected chi connectivity index (χ4v) is 3.04. The molecule has 0 saturated carbocycles. The van der Waals surface area contributed by atoms with Gasteiger partial charge in [0.2, 0.25) is 0 Å². The van der Waals surface area contributed by atoms with E-state index >= 15 is 0 Å². The van der Waals surface area contributed by atoms with Crippen molar-refractivity contribution in [1.82, 2.24) is 4.57 Å². The van der Waals surface area contributed by atoms with E-state index in [4.69, 9.17) is 23.2 Å². The van der Waals surface area contributed by atoms with Gasteiger partial charge in [-0.25, -0.2) is 0 Å². The van der Waals surface area contributed by atoms with Crippen molar-refractivity contribution >= 4 is 34.8 Å². The molecule has 2 aromatic rings. The minimum atomic E-state index is -0.493. The average Bonchev–Trinajstić information content (AvgIpc) is 2.52. The van der Waals surface area contributed by atoms with Crippen LogP contribution >= 0.6 is 23.2 Å². The van der Waals surface area contributed by atoms with Crippen LogP contribution < -0.4 is 10.9 Å². The summed E-state index contributed by atoms with van der Waals surface area (Å²) in [4.78, 5) is 25.2. The second-order valence-electron chi connectivity index (χ2n) is 5.69. The molecule has 1 heterocycles. The highest BCUT2D eigenvalue weighted by atomic mass is 35.5. The Hall–Kier alpha value is -1.78. The van der Waals surface area contributed by atoms with E-state index in [0.717, 1.165) is 24.1 Å². The van der Waals surface area contributed by atoms with E-state index in [1.807, 2.05) is 13.8 Å². The lowest BCUT2D eigenvalue weighted by Crippen LogP contribution is -2.28. The molecule has 1 aromatic heterocycles. The number of hydrogen-bond donors (Lipinski definition) is 1. The van der Waals surface area contributed by atoms with Crippen molar-refractivity contribution in [2.75, 3.05) is 5.32 Å². The van der Waals surface area contributed by atoms with Crippen molar-refractivity contribution in [3.8, 4) is 0 Å². The van der Waals surface area contributed by atoms with Gasteiger partial charge in [-0.05, 0) is 44.0 Å². The molecule has 0 radical (unpaired) electrons. The van der Waals surface area contributed by atoms with Gasteiger partial charge in [0, 0.05) is 12.2 Å². The number of aromatic nitrogens is 1. The highest BCUT2D eigenvalue weighted by molar-refractivity contribution is 6.40. The van der Waals surface area contributed by atoms with Crippen molar-refractivity contribution in [1.29, 1.82) is 0 Å². The Morgan fingerprint density at radius 2 is 1.83 bits per heavy atom. The van der Waals surface area contributed by atoms with E-state index in [9.17, 15) is 9.59 Å². The molecule has 0 spiro atoms. The molecule has 128 valence electrons. The number of nitrogens with one attached hydrogen (secondary N) is 1. The van der Waals surface area contributed by atoms with Gasteiger partial charge < -0.3 is 9.88 Å². The summed E-state index contributed by atoms with van der Waals surface area (Å²) in [5, 5.41) is 3.14. The third kappa shape index (κ3) is 3.82. The highest BCUT2D eigenvalue weighted by Gasteiger charge is 2.17. The van der Waals surface area contributed by atoms with Gasteiger partial charge in [0.15, 0.2) is 0 Å². The molecule has 24 heavy (non-hydrogen) atoms. The zero-order valence-electron chi connectivity index (χ0n) is 14.0. The van der Waals surface area contributed by atoms with Crippen LogP contribution in [0.15, 0.2) is 29.1 Å². The molecule has 1 aromatic carbocycles. The van der Waals surface area contributed by atoms with Crippen molar-refractivity contribution < 1.29 is 4.79 Å². The molecule has 0 unspecified atom stereocenters. The predicted octanol–water partition coefficient (Wildman–Crippen LogP) is 4.82. The standard InChI is InChI=1S/C18H20Cl2N2O2/c1-4-5-9-22-12(3)11(2)10-15(18(22)24)21-17(23)16-13(19)7-6-8-14(16)20/h6-8,10H,4-5,9H2,1-3H3,(H,21,23). The van der Waals surface area contributed by atoms with Crippen molar-refractivity contribution in [2.24, 2.45) is 0 Å². The molecule has 0 aliphatic carbocycles. The maximum absolute atomic E-state index is 12.7. The van der Waals surface area contributed by atoms with Crippen LogP contribution in [0.5, 0.6) is 0 Å². The maximum Gasteiger partial charge on any atom is 0.274 e. The molecule has 6 heteroatoms. The normalized spacial score (nSPS) is 10.7. The number of unbranched alkanes of at least 4 members (excludes halogenated alkanes) is 1. The Balaban J connectivity index is 2.41. The first-order chi connectivity index (χ1) is 11.4. The van der Waals surface area contributed by atoms with Crippen LogP contribution in [0.25, 0.3) is 0 Å². The van der Waals surface area contributed by atoms with Crippen LogP contribution in [0, 0.1) is 13.8 Å². The first-order valence-electron chi connectivity index (χ1n) is 7.83. The van der Waals surface area contributed by atoms with Gasteiger partial charge in [-0.15, -0.1) is 0 Å². The van der Waals surface area contributed by atoms with E-state index in [0.29, 0.717) is 6.54 Å². The number of carbonyl (C=O) groups excluding carboxylic acids is 1. The Morgan fingerprint density at radius 3 is 2.42 bits per heavy atom. The van der Waals surface area contributed by atoms with Crippen molar-refractivity contribution in [3.63, 3.8) is 0 Å². The molecule has 0 bridgehead atoms. The van der Waals surface area contributed by atoms with Crippen LogP contribution in [-0.2, 0) is 6.54 Å². The van der Waals surface area contributed by atoms with Gasteiger partial charge in [0.25, 0.3) is 11.5 Å². The lowest BCUT2D eigenvalue weighted by atomic mass is 10.1. The SMILES string of the molecule is CCCCn1c(C)c(C)cc(NC(=O)c2c(Cl)cccc2Cl)c1=O. The summed E-state index contributed by atoms with van der Waals surface area (Å²) in [6.07, 6.45) is 1.88. The molecule has 2 rings (SSSR count). The zero-order chi connectivity index (χ0) is 17.9. The first kappa shape index (κ1) is 18.6. The molecular weight excluding hydrogens is 347 g/mol. The quantitative estimate of drug-likeness (QED) is 0.823. The van der Waals surface area contributed by atoms with Crippen LogP contribution in [0.4, 0.5) is 5.69 Å². The van der Waals surface area contributed by atoms with Gasteiger partial charge in [0.05, 0.1) is 15.6 Å². The molecule has 0 saturated heterocycles. The second kappa shape index (κ2) is 7.86. The summed E-state index contributed by atoms with van der Waals surface area (Å²) < 4.78 is 1.70. The Labute approximate surface area is 151 Å². The number of rotatable bonds is 5. The molecule has 0 fully saturated rings. The summed E-state index contributed by atoms with van der Waals surface area (Å²) >= 11 is 12.1. The predicted molar refractivity (Wildman–Crippen MR) is 99.5 cm³/mol. The first-order valence-corrected chi connectivity index (χ1v) is 8.58. The van der Waals surface area contributed by atoms with Gasteiger partial charge in [-0.3, -0.25) is 9.59 Å². The van der Waals surface area contributed by atoms with Crippen LogP contribution in [0.3, 0.4) is 0 Å². The Bertz CT molecular complexity index is 808. The van der Waals surface area contributed by atoms with Gasteiger partial charge in [-0.1, -0.05) is 42.6 Å². The van der Waals surface area contributed by atoms with Gasteiger partial charge in [-0.2, -0.15) is 0 Å². The van der Waals surface area contributed by atoms with E-state index in [2.05, 4.69) is 12.2 Å². The number of nitrogens with zero attached hydrogens (tertiary/aromatic N) is 1. The number of aryl methyl sites for hydroxylation is 1. The summed E-state index contributed by atoms with van der Waals surface area (Å²) in [7, 11) is 0. The molecule has 0 atom stereocenters. The number of hydrogen-bond acceptors (Lipinski definition) is 2.